The molecule has 0 heterocycles. The first-order chi connectivity index (χ1) is 8.47. The Morgan fingerprint density at radius 3 is 2.56 bits per heavy atom. The van der Waals surface area contributed by atoms with Crippen molar-refractivity contribution in [2.24, 2.45) is 0 Å². The van der Waals surface area contributed by atoms with Crippen molar-refractivity contribution in [1.29, 1.82) is 0 Å². The van der Waals surface area contributed by atoms with Gasteiger partial charge in [0, 0.05) is 6.54 Å². The number of nitrogens with one attached hydrogen (secondary N) is 1. The van der Waals surface area contributed by atoms with Crippen molar-refractivity contribution in [3.8, 4) is 0 Å². The summed E-state index contributed by atoms with van der Waals surface area (Å²) in [6.45, 7) is 0.226. The van der Waals surface area contributed by atoms with Gasteiger partial charge in [-0.2, -0.15) is 8.42 Å². The normalized spacial score (nSPS) is 11.2. The summed E-state index contributed by atoms with van der Waals surface area (Å²) >= 11 is 0. The zero-order valence-corrected chi connectivity index (χ0v) is 10.7. The Labute approximate surface area is 107 Å². The molecule has 0 aliphatic heterocycles. The number of benzene rings is 1. The summed E-state index contributed by atoms with van der Waals surface area (Å²) in [6.07, 6.45) is 2.23. The van der Waals surface area contributed by atoms with Crippen LogP contribution in [0.15, 0.2) is 30.3 Å². The van der Waals surface area contributed by atoms with Crippen LogP contribution in [-0.2, 0) is 21.3 Å². The molecule has 6 heteroatoms. The van der Waals surface area contributed by atoms with Crippen molar-refractivity contribution < 1.29 is 17.8 Å². The maximum absolute atomic E-state index is 11.4. The van der Waals surface area contributed by atoms with Crippen LogP contribution in [-0.4, -0.2) is 31.2 Å². The van der Waals surface area contributed by atoms with Gasteiger partial charge >= 0.3 is 0 Å². The van der Waals surface area contributed by atoms with Crippen molar-refractivity contribution in [2.75, 3.05) is 12.3 Å². The minimum absolute atomic E-state index is 0.198. The Morgan fingerprint density at radius 2 is 1.94 bits per heavy atom. The molecule has 18 heavy (non-hydrogen) atoms. The van der Waals surface area contributed by atoms with Crippen LogP contribution in [0.5, 0.6) is 0 Å². The molecule has 2 N–H and O–H groups in total. The van der Waals surface area contributed by atoms with Crippen LogP contribution < -0.4 is 5.32 Å². The van der Waals surface area contributed by atoms with Gasteiger partial charge in [0.05, 0.1) is 12.2 Å². The summed E-state index contributed by atoms with van der Waals surface area (Å²) in [5, 5.41) is 2.56. The number of rotatable bonds is 7. The zero-order valence-electron chi connectivity index (χ0n) is 9.87. The lowest BCUT2D eigenvalue weighted by Gasteiger charge is -2.04. The lowest BCUT2D eigenvalue weighted by Crippen LogP contribution is -2.26. The molecule has 5 nitrogen and oxygen atoms in total. The van der Waals surface area contributed by atoms with E-state index in [2.05, 4.69) is 5.32 Å². The predicted octanol–water partition coefficient (Wildman–Crippen LogP) is 0.827. The molecule has 0 aromatic heterocycles. The van der Waals surface area contributed by atoms with Crippen molar-refractivity contribution in [3.05, 3.63) is 42.3 Å². The maximum atomic E-state index is 11.4. The second-order valence-electron chi connectivity index (χ2n) is 3.82. The van der Waals surface area contributed by atoms with Gasteiger partial charge in [0.1, 0.15) is 0 Å². The van der Waals surface area contributed by atoms with Crippen LogP contribution in [0.3, 0.4) is 0 Å². The van der Waals surface area contributed by atoms with E-state index < -0.39 is 10.1 Å². The molecule has 0 aliphatic rings. The molecule has 0 unspecified atom stereocenters. The Kier molecular flexibility index (Phi) is 5.80. The SMILES string of the molecule is O=C([CH]Cc1ccccc1)NCCCS(=O)(=O)O. The van der Waals surface area contributed by atoms with Gasteiger partial charge < -0.3 is 5.32 Å². The van der Waals surface area contributed by atoms with Gasteiger partial charge in [-0.1, -0.05) is 30.3 Å². The minimum atomic E-state index is -3.94. The topological polar surface area (TPSA) is 83.5 Å². The van der Waals surface area contributed by atoms with Gasteiger partial charge in [0.2, 0.25) is 5.91 Å². The highest BCUT2D eigenvalue weighted by atomic mass is 32.2. The number of carbonyl (C=O) groups excluding carboxylic acids is 1. The second kappa shape index (κ2) is 7.13. The summed E-state index contributed by atoms with van der Waals surface area (Å²) in [5.74, 6) is -0.583. The van der Waals surface area contributed by atoms with E-state index in [0.29, 0.717) is 6.42 Å². The van der Waals surface area contributed by atoms with Gasteiger partial charge in [-0.05, 0) is 18.4 Å². The van der Waals surface area contributed by atoms with E-state index >= 15 is 0 Å². The Morgan fingerprint density at radius 1 is 1.28 bits per heavy atom. The molecule has 0 saturated carbocycles. The summed E-state index contributed by atoms with van der Waals surface area (Å²) < 4.78 is 29.3. The molecule has 1 aromatic rings. The third-order valence-electron chi connectivity index (χ3n) is 2.24. The third kappa shape index (κ3) is 7.03. The van der Waals surface area contributed by atoms with E-state index in [4.69, 9.17) is 4.55 Å². The predicted molar refractivity (Wildman–Crippen MR) is 68.5 cm³/mol. The minimum Gasteiger partial charge on any atom is -0.356 e. The lowest BCUT2D eigenvalue weighted by atomic mass is 10.1. The standard InChI is InChI=1S/C12H16NO4S/c14-12(13-9-4-10-18(15,16)17)8-7-11-5-2-1-3-6-11/h1-3,5-6,8H,4,7,9-10H2,(H,13,14)(H,15,16,17). The summed E-state index contributed by atoms with van der Waals surface area (Å²) in [5.41, 5.74) is 1.03. The van der Waals surface area contributed by atoms with Crippen LogP contribution in [0.2, 0.25) is 0 Å². The largest absolute Gasteiger partial charge is 0.356 e. The Hall–Kier alpha value is -1.40. The Balaban J connectivity index is 2.15. The molecule has 0 atom stereocenters. The highest BCUT2D eigenvalue weighted by Crippen LogP contribution is 2.01. The van der Waals surface area contributed by atoms with E-state index in [1.54, 1.807) is 0 Å². The van der Waals surface area contributed by atoms with E-state index in [1.165, 1.54) is 6.42 Å². The summed E-state index contributed by atoms with van der Waals surface area (Å²) in [4.78, 5) is 11.4. The fraction of sp³-hybridized carbons (Fsp3) is 0.333. The Bertz CT molecular complexity index is 470. The number of amides is 1. The molecule has 0 bridgehead atoms. The van der Waals surface area contributed by atoms with Gasteiger partial charge in [-0.3, -0.25) is 9.35 Å². The van der Waals surface area contributed by atoms with E-state index in [-0.39, 0.29) is 24.6 Å². The van der Waals surface area contributed by atoms with Crippen LogP contribution >= 0.6 is 0 Å². The molecule has 0 aliphatic carbocycles. The van der Waals surface area contributed by atoms with Crippen molar-refractivity contribution in [3.63, 3.8) is 0 Å². The first-order valence-electron chi connectivity index (χ1n) is 5.57. The van der Waals surface area contributed by atoms with Crippen LogP contribution in [0.25, 0.3) is 0 Å². The van der Waals surface area contributed by atoms with E-state index in [1.807, 2.05) is 30.3 Å². The molecule has 99 valence electrons. The first kappa shape index (κ1) is 14.7. The third-order valence-corrected chi connectivity index (χ3v) is 3.05. The second-order valence-corrected chi connectivity index (χ2v) is 5.40. The highest BCUT2D eigenvalue weighted by Gasteiger charge is 2.05. The average molecular weight is 270 g/mol. The molecular formula is C12H16NO4S. The molecule has 1 rings (SSSR count). The van der Waals surface area contributed by atoms with Crippen molar-refractivity contribution >= 4 is 16.0 Å². The number of hydrogen-bond acceptors (Lipinski definition) is 3. The summed E-state index contributed by atoms with van der Waals surface area (Å²) in [7, 11) is -3.94. The smallest absolute Gasteiger partial charge is 0.264 e. The molecule has 0 fully saturated rings. The molecular weight excluding hydrogens is 254 g/mol. The molecule has 0 saturated heterocycles. The fourth-order valence-corrected chi connectivity index (χ4v) is 1.87. The fourth-order valence-electron chi connectivity index (χ4n) is 1.36. The first-order valence-corrected chi connectivity index (χ1v) is 7.18. The van der Waals surface area contributed by atoms with Crippen molar-refractivity contribution in [1.82, 2.24) is 5.32 Å². The molecule has 1 aromatic carbocycles. The van der Waals surface area contributed by atoms with Gasteiger partial charge in [-0.15, -0.1) is 0 Å². The van der Waals surface area contributed by atoms with Gasteiger partial charge in [0.25, 0.3) is 10.1 Å². The summed E-state index contributed by atoms with van der Waals surface area (Å²) in [6, 6.07) is 9.53. The average Bonchev–Trinajstić information content (AvgIpc) is 2.32. The number of carbonyl (C=O) groups is 1. The maximum Gasteiger partial charge on any atom is 0.264 e. The van der Waals surface area contributed by atoms with E-state index in [9.17, 15) is 13.2 Å². The lowest BCUT2D eigenvalue weighted by molar-refractivity contribution is -0.117. The zero-order chi connectivity index (χ0) is 13.4. The van der Waals surface area contributed by atoms with Gasteiger partial charge in [-0.25, -0.2) is 0 Å². The van der Waals surface area contributed by atoms with Crippen LogP contribution in [0.4, 0.5) is 0 Å². The molecule has 1 radical (unpaired) electrons. The quantitative estimate of drug-likeness (QED) is 0.568. The van der Waals surface area contributed by atoms with Gasteiger partial charge in [0.15, 0.2) is 0 Å². The van der Waals surface area contributed by atoms with E-state index in [0.717, 1.165) is 5.56 Å². The molecule has 1 amide bonds. The highest BCUT2D eigenvalue weighted by molar-refractivity contribution is 7.85. The molecule has 0 spiro atoms. The van der Waals surface area contributed by atoms with Crippen LogP contribution in [0.1, 0.15) is 12.0 Å². The monoisotopic (exact) mass is 270 g/mol. The number of hydrogen-bond donors (Lipinski definition) is 2. The van der Waals surface area contributed by atoms with Crippen LogP contribution in [0, 0.1) is 6.42 Å². The van der Waals surface area contributed by atoms with Crippen molar-refractivity contribution in [2.45, 2.75) is 12.8 Å².